The molecule has 1 heterocycles. The third-order valence-electron chi connectivity index (χ3n) is 3.04. The summed E-state index contributed by atoms with van der Waals surface area (Å²) in [5, 5.41) is 2.86. The van der Waals surface area contributed by atoms with Crippen LogP contribution >= 0.6 is 0 Å². The Bertz CT molecular complexity index is 600. The van der Waals surface area contributed by atoms with Crippen LogP contribution in [0.3, 0.4) is 0 Å². The molecule has 0 spiro atoms. The van der Waals surface area contributed by atoms with Crippen molar-refractivity contribution in [3.05, 3.63) is 53.9 Å². The lowest BCUT2D eigenvalue weighted by molar-refractivity contribution is 0.0950. The van der Waals surface area contributed by atoms with Crippen LogP contribution in [0.25, 0.3) is 0 Å². The third-order valence-corrected chi connectivity index (χ3v) is 3.04. The number of nitrogens with zero attached hydrogens (tertiary/aromatic N) is 1. The maximum atomic E-state index is 12.2. The quantitative estimate of drug-likeness (QED) is 0.883. The van der Waals surface area contributed by atoms with Gasteiger partial charge in [0.15, 0.2) is 11.5 Å². The van der Waals surface area contributed by atoms with Gasteiger partial charge in [0, 0.05) is 24.9 Å². The summed E-state index contributed by atoms with van der Waals surface area (Å²) >= 11 is 0. The number of amides is 1. The molecule has 2 aromatic rings. The van der Waals surface area contributed by atoms with Gasteiger partial charge in [0.1, 0.15) is 0 Å². The number of benzene rings is 1. The molecule has 2 rings (SSSR count). The van der Waals surface area contributed by atoms with Crippen LogP contribution in [0.15, 0.2) is 42.6 Å². The van der Waals surface area contributed by atoms with Crippen LogP contribution in [0.4, 0.5) is 0 Å². The molecule has 0 bridgehead atoms. The first kappa shape index (κ1) is 14.8. The van der Waals surface area contributed by atoms with E-state index in [1.165, 1.54) is 7.11 Å². The van der Waals surface area contributed by atoms with Crippen molar-refractivity contribution in [2.45, 2.75) is 6.42 Å². The van der Waals surface area contributed by atoms with Crippen LogP contribution in [0.1, 0.15) is 16.1 Å². The number of aromatic nitrogens is 1. The molecule has 1 N–H and O–H groups in total. The zero-order valence-electron chi connectivity index (χ0n) is 12.1. The van der Waals surface area contributed by atoms with E-state index in [0.29, 0.717) is 30.0 Å². The Balaban J connectivity index is 2.00. The number of para-hydroxylation sites is 1. The predicted octanol–water partition coefficient (Wildman–Crippen LogP) is 2.07. The van der Waals surface area contributed by atoms with Gasteiger partial charge in [-0.3, -0.25) is 9.78 Å². The highest BCUT2D eigenvalue weighted by atomic mass is 16.5. The SMILES string of the molecule is COc1cccc(C(=O)NCCc2ccccn2)c1OC. The minimum Gasteiger partial charge on any atom is -0.493 e. The first-order chi connectivity index (χ1) is 10.3. The Morgan fingerprint density at radius 3 is 2.67 bits per heavy atom. The van der Waals surface area contributed by atoms with Crippen LogP contribution in [0.5, 0.6) is 11.5 Å². The summed E-state index contributed by atoms with van der Waals surface area (Å²) < 4.78 is 10.4. The number of methoxy groups -OCH3 is 2. The van der Waals surface area contributed by atoms with Crippen molar-refractivity contribution in [2.75, 3.05) is 20.8 Å². The summed E-state index contributed by atoms with van der Waals surface area (Å²) in [6, 6.07) is 10.9. The van der Waals surface area contributed by atoms with E-state index in [-0.39, 0.29) is 5.91 Å². The predicted molar refractivity (Wildman–Crippen MR) is 79.8 cm³/mol. The van der Waals surface area contributed by atoms with Crippen LogP contribution in [0, 0.1) is 0 Å². The van der Waals surface area contributed by atoms with Gasteiger partial charge in [-0.05, 0) is 24.3 Å². The van der Waals surface area contributed by atoms with Crippen molar-refractivity contribution in [3.63, 3.8) is 0 Å². The van der Waals surface area contributed by atoms with Crippen molar-refractivity contribution in [2.24, 2.45) is 0 Å². The van der Waals surface area contributed by atoms with E-state index >= 15 is 0 Å². The molecule has 0 aliphatic rings. The lowest BCUT2D eigenvalue weighted by Crippen LogP contribution is -2.26. The fraction of sp³-hybridized carbons (Fsp3) is 0.250. The summed E-state index contributed by atoms with van der Waals surface area (Å²) in [5.74, 6) is 0.784. The van der Waals surface area contributed by atoms with Gasteiger partial charge in [0.25, 0.3) is 5.91 Å². The number of rotatable bonds is 6. The second-order valence-electron chi connectivity index (χ2n) is 4.37. The van der Waals surface area contributed by atoms with Crippen LogP contribution in [0.2, 0.25) is 0 Å². The van der Waals surface area contributed by atoms with Crippen LogP contribution < -0.4 is 14.8 Å². The molecule has 1 aromatic heterocycles. The van der Waals surface area contributed by atoms with Gasteiger partial charge in [-0.15, -0.1) is 0 Å². The topological polar surface area (TPSA) is 60.5 Å². The number of carbonyl (C=O) groups excluding carboxylic acids is 1. The molecule has 110 valence electrons. The average Bonchev–Trinajstić information content (AvgIpc) is 2.54. The molecule has 0 unspecified atom stereocenters. The summed E-state index contributed by atoms with van der Waals surface area (Å²) in [6.07, 6.45) is 2.42. The van der Waals surface area contributed by atoms with Crippen molar-refractivity contribution in [1.82, 2.24) is 10.3 Å². The molecule has 5 nitrogen and oxygen atoms in total. The molecule has 0 aliphatic heterocycles. The van der Waals surface area contributed by atoms with E-state index < -0.39 is 0 Å². The van der Waals surface area contributed by atoms with Gasteiger partial charge in [-0.1, -0.05) is 12.1 Å². The summed E-state index contributed by atoms with van der Waals surface area (Å²) in [5.41, 5.74) is 1.40. The van der Waals surface area contributed by atoms with Crippen molar-refractivity contribution < 1.29 is 14.3 Å². The van der Waals surface area contributed by atoms with Gasteiger partial charge in [-0.25, -0.2) is 0 Å². The monoisotopic (exact) mass is 286 g/mol. The van der Waals surface area contributed by atoms with E-state index in [0.717, 1.165) is 5.69 Å². The second kappa shape index (κ2) is 7.28. The summed E-state index contributed by atoms with van der Waals surface area (Å²) in [6.45, 7) is 0.510. The zero-order chi connectivity index (χ0) is 15.1. The third kappa shape index (κ3) is 3.72. The maximum absolute atomic E-state index is 12.2. The normalized spacial score (nSPS) is 10.0. The van der Waals surface area contributed by atoms with E-state index in [4.69, 9.17) is 9.47 Å². The number of pyridine rings is 1. The Labute approximate surface area is 123 Å². The van der Waals surface area contributed by atoms with Gasteiger partial charge in [0.05, 0.1) is 19.8 Å². The second-order valence-corrected chi connectivity index (χ2v) is 4.37. The molecule has 1 amide bonds. The maximum Gasteiger partial charge on any atom is 0.255 e. The molecule has 0 aliphatic carbocycles. The first-order valence-corrected chi connectivity index (χ1v) is 6.65. The first-order valence-electron chi connectivity index (χ1n) is 6.65. The van der Waals surface area contributed by atoms with E-state index in [2.05, 4.69) is 10.3 Å². The van der Waals surface area contributed by atoms with Crippen LogP contribution in [-0.4, -0.2) is 31.7 Å². The van der Waals surface area contributed by atoms with Gasteiger partial charge < -0.3 is 14.8 Å². The highest BCUT2D eigenvalue weighted by Crippen LogP contribution is 2.30. The number of hydrogen-bond acceptors (Lipinski definition) is 4. The molecule has 5 heteroatoms. The van der Waals surface area contributed by atoms with E-state index in [9.17, 15) is 4.79 Å². The molecule has 21 heavy (non-hydrogen) atoms. The molecule has 1 aromatic carbocycles. The Hall–Kier alpha value is -2.56. The highest BCUT2D eigenvalue weighted by Gasteiger charge is 2.15. The van der Waals surface area contributed by atoms with Gasteiger partial charge in [0.2, 0.25) is 0 Å². The Morgan fingerprint density at radius 2 is 2.00 bits per heavy atom. The smallest absolute Gasteiger partial charge is 0.255 e. The van der Waals surface area contributed by atoms with E-state index in [1.807, 2.05) is 18.2 Å². The zero-order valence-corrected chi connectivity index (χ0v) is 12.1. The molecule has 0 saturated carbocycles. The van der Waals surface area contributed by atoms with Crippen molar-refractivity contribution in [1.29, 1.82) is 0 Å². The van der Waals surface area contributed by atoms with Crippen molar-refractivity contribution in [3.8, 4) is 11.5 Å². The van der Waals surface area contributed by atoms with Gasteiger partial charge >= 0.3 is 0 Å². The number of ether oxygens (including phenoxy) is 2. The fourth-order valence-corrected chi connectivity index (χ4v) is 2.01. The number of hydrogen-bond donors (Lipinski definition) is 1. The summed E-state index contributed by atoms with van der Waals surface area (Å²) in [4.78, 5) is 16.4. The lowest BCUT2D eigenvalue weighted by Gasteiger charge is -2.12. The fourth-order valence-electron chi connectivity index (χ4n) is 2.01. The molecular weight excluding hydrogens is 268 g/mol. The average molecular weight is 286 g/mol. The van der Waals surface area contributed by atoms with Crippen molar-refractivity contribution >= 4 is 5.91 Å². The molecule has 0 radical (unpaired) electrons. The lowest BCUT2D eigenvalue weighted by atomic mass is 10.1. The summed E-state index contributed by atoms with van der Waals surface area (Å²) in [7, 11) is 3.06. The standard InChI is InChI=1S/C16H18N2O3/c1-20-14-8-5-7-13(15(14)21-2)16(19)18-11-9-12-6-3-4-10-17-12/h3-8,10H,9,11H2,1-2H3,(H,18,19). The number of nitrogens with one attached hydrogen (secondary N) is 1. The Kier molecular flexibility index (Phi) is 5.15. The minimum atomic E-state index is -0.193. The van der Waals surface area contributed by atoms with E-state index in [1.54, 1.807) is 31.5 Å². The Morgan fingerprint density at radius 1 is 1.14 bits per heavy atom. The van der Waals surface area contributed by atoms with Crippen LogP contribution in [-0.2, 0) is 6.42 Å². The molecule has 0 atom stereocenters. The minimum absolute atomic E-state index is 0.193. The van der Waals surface area contributed by atoms with Gasteiger partial charge in [-0.2, -0.15) is 0 Å². The largest absolute Gasteiger partial charge is 0.493 e. The molecule has 0 saturated heterocycles. The highest BCUT2D eigenvalue weighted by molar-refractivity contribution is 5.97. The number of carbonyl (C=O) groups is 1. The molecule has 0 fully saturated rings. The molecular formula is C16H18N2O3.